The Bertz CT molecular complexity index is 228. The fourth-order valence-corrected chi connectivity index (χ4v) is 1.93. The summed E-state index contributed by atoms with van der Waals surface area (Å²) in [6.07, 6.45) is 6.84. The Morgan fingerprint density at radius 2 is 1.75 bits per heavy atom. The van der Waals surface area contributed by atoms with E-state index in [-0.39, 0.29) is 5.78 Å². The maximum absolute atomic E-state index is 11.3. The zero-order valence-electron chi connectivity index (χ0n) is 7.27. The topological polar surface area (TPSA) is 26.3 Å². The number of allylic oxidation sites excluding steroid dienone is 1. The van der Waals surface area contributed by atoms with Crippen LogP contribution in [0.5, 0.6) is 0 Å². The van der Waals surface area contributed by atoms with Crippen LogP contribution in [-0.4, -0.2) is 12.4 Å². The minimum atomic E-state index is 0.229. The van der Waals surface area contributed by atoms with Gasteiger partial charge in [-0.05, 0) is 19.3 Å². The molecule has 0 radical (unpaired) electrons. The third kappa shape index (κ3) is 1.38. The zero-order valence-corrected chi connectivity index (χ0v) is 7.27. The SMILES string of the molecule is O=C1COC2=C1CCCCCC2. The molecule has 2 nitrogen and oxygen atoms in total. The van der Waals surface area contributed by atoms with Crippen LogP contribution in [0.3, 0.4) is 0 Å². The summed E-state index contributed by atoms with van der Waals surface area (Å²) in [7, 11) is 0. The molecule has 1 aliphatic carbocycles. The Hall–Kier alpha value is -0.790. The average molecular weight is 166 g/mol. The van der Waals surface area contributed by atoms with E-state index in [4.69, 9.17) is 4.74 Å². The Labute approximate surface area is 72.6 Å². The third-order valence-electron chi connectivity index (χ3n) is 2.63. The molecule has 12 heavy (non-hydrogen) atoms. The minimum absolute atomic E-state index is 0.229. The van der Waals surface area contributed by atoms with Gasteiger partial charge in [-0.15, -0.1) is 0 Å². The number of hydrogen-bond acceptors (Lipinski definition) is 2. The first-order valence-electron chi connectivity index (χ1n) is 4.76. The Morgan fingerprint density at radius 1 is 1.00 bits per heavy atom. The van der Waals surface area contributed by atoms with Crippen molar-refractivity contribution in [3.05, 3.63) is 11.3 Å². The van der Waals surface area contributed by atoms with Crippen LogP contribution in [-0.2, 0) is 9.53 Å². The molecule has 0 aromatic carbocycles. The lowest BCUT2D eigenvalue weighted by atomic mass is 9.97. The normalized spacial score (nSPS) is 24.5. The first kappa shape index (κ1) is 7.84. The number of rotatable bonds is 0. The van der Waals surface area contributed by atoms with Crippen molar-refractivity contribution in [2.24, 2.45) is 0 Å². The molecule has 2 aliphatic rings. The van der Waals surface area contributed by atoms with Gasteiger partial charge in [-0.1, -0.05) is 12.8 Å². The second kappa shape index (κ2) is 3.30. The van der Waals surface area contributed by atoms with Crippen molar-refractivity contribution in [2.45, 2.75) is 38.5 Å². The van der Waals surface area contributed by atoms with Crippen molar-refractivity contribution < 1.29 is 9.53 Å². The molecule has 0 amide bonds. The van der Waals surface area contributed by atoms with Crippen LogP contribution in [0.15, 0.2) is 11.3 Å². The lowest BCUT2D eigenvalue weighted by Gasteiger charge is -2.09. The smallest absolute Gasteiger partial charge is 0.199 e. The van der Waals surface area contributed by atoms with Crippen molar-refractivity contribution >= 4 is 5.78 Å². The number of Topliss-reactive ketones (excluding diaryl/α,β-unsaturated/α-hetero) is 1. The highest BCUT2D eigenvalue weighted by atomic mass is 16.5. The van der Waals surface area contributed by atoms with Crippen molar-refractivity contribution in [3.63, 3.8) is 0 Å². The number of hydrogen-bond donors (Lipinski definition) is 0. The maximum atomic E-state index is 11.3. The van der Waals surface area contributed by atoms with Crippen molar-refractivity contribution in [1.29, 1.82) is 0 Å². The summed E-state index contributed by atoms with van der Waals surface area (Å²) in [6.45, 7) is 0.310. The molecule has 0 bridgehead atoms. The van der Waals surface area contributed by atoms with E-state index in [1.807, 2.05) is 0 Å². The summed E-state index contributed by atoms with van der Waals surface area (Å²) in [5.41, 5.74) is 0.995. The first-order chi connectivity index (χ1) is 5.88. The number of ether oxygens (including phenoxy) is 1. The van der Waals surface area contributed by atoms with Crippen LogP contribution in [0, 0.1) is 0 Å². The van der Waals surface area contributed by atoms with Gasteiger partial charge in [-0.25, -0.2) is 0 Å². The molecule has 0 fully saturated rings. The van der Waals surface area contributed by atoms with E-state index in [9.17, 15) is 4.79 Å². The molecule has 0 aromatic rings. The van der Waals surface area contributed by atoms with Gasteiger partial charge in [0, 0.05) is 12.0 Å². The second-order valence-corrected chi connectivity index (χ2v) is 3.53. The molecule has 0 atom stereocenters. The minimum Gasteiger partial charge on any atom is -0.489 e. The lowest BCUT2D eigenvalue weighted by molar-refractivity contribution is -0.116. The summed E-state index contributed by atoms with van der Waals surface area (Å²) in [4.78, 5) is 11.3. The van der Waals surface area contributed by atoms with Crippen molar-refractivity contribution in [3.8, 4) is 0 Å². The van der Waals surface area contributed by atoms with Gasteiger partial charge in [0.2, 0.25) is 0 Å². The predicted molar refractivity (Wildman–Crippen MR) is 45.7 cm³/mol. The van der Waals surface area contributed by atoms with E-state index in [0.717, 1.165) is 30.6 Å². The van der Waals surface area contributed by atoms with Gasteiger partial charge in [-0.2, -0.15) is 0 Å². The molecule has 1 heterocycles. The van der Waals surface area contributed by atoms with Crippen LogP contribution in [0.2, 0.25) is 0 Å². The van der Waals surface area contributed by atoms with E-state index < -0.39 is 0 Å². The number of carbonyl (C=O) groups is 1. The van der Waals surface area contributed by atoms with Crippen LogP contribution in [0.1, 0.15) is 38.5 Å². The molecule has 0 N–H and O–H groups in total. The highest BCUT2D eigenvalue weighted by Crippen LogP contribution is 2.28. The number of ketones is 1. The fraction of sp³-hybridized carbons (Fsp3) is 0.700. The second-order valence-electron chi connectivity index (χ2n) is 3.53. The maximum Gasteiger partial charge on any atom is 0.199 e. The largest absolute Gasteiger partial charge is 0.489 e. The Balaban J connectivity index is 2.16. The standard InChI is InChI=1S/C10H14O2/c11-9-7-12-10-6-4-2-1-3-5-8(9)10/h1-7H2. The monoisotopic (exact) mass is 166 g/mol. The highest BCUT2D eigenvalue weighted by molar-refractivity contribution is 5.98. The number of carbonyl (C=O) groups excluding carboxylic acids is 1. The summed E-state index contributed by atoms with van der Waals surface area (Å²) in [6, 6.07) is 0. The Kier molecular flexibility index (Phi) is 2.15. The van der Waals surface area contributed by atoms with Gasteiger partial charge in [0.25, 0.3) is 0 Å². The average Bonchev–Trinajstić information content (AvgIpc) is 2.31. The molecule has 0 unspecified atom stereocenters. The fourth-order valence-electron chi connectivity index (χ4n) is 1.93. The molecule has 66 valence electrons. The van der Waals surface area contributed by atoms with E-state index in [1.165, 1.54) is 19.3 Å². The molecular formula is C10H14O2. The van der Waals surface area contributed by atoms with Gasteiger partial charge in [-0.3, -0.25) is 4.79 Å². The van der Waals surface area contributed by atoms with Crippen LogP contribution < -0.4 is 0 Å². The van der Waals surface area contributed by atoms with Crippen LogP contribution >= 0.6 is 0 Å². The third-order valence-corrected chi connectivity index (χ3v) is 2.63. The Morgan fingerprint density at radius 3 is 2.58 bits per heavy atom. The first-order valence-corrected chi connectivity index (χ1v) is 4.76. The molecule has 0 spiro atoms. The molecule has 0 aromatic heterocycles. The molecule has 0 saturated heterocycles. The lowest BCUT2D eigenvalue weighted by Crippen LogP contribution is -2.01. The van der Waals surface area contributed by atoms with Crippen LogP contribution in [0.4, 0.5) is 0 Å². The molecular weight excluding hydrogens is 152 g/mol. The van der Waals surface area contributed by atoms with Crippen LogP contribution in [0.25, 0.3) is 0 Å². The summed E-state index contributed by atoms with van der Waals surface area (Å²) in [5.74, 6) is 1.23. The van der Waals surface area contributed by atoms with Crippen molar-refractivity contribution in [2.75, 3.05) is 6.61 Å². The van der Waals surface area contributed by atoms with E-state index in [2.05, 4.69) is 0 Å². The van der Waals surface area contributed by atoms with Gasteiger partial charge < -0.3 is 4.74 Å². The predicted octanol–water partition coefficient (Wildman–Crippen LogP) is 2.19. The highest BCUT2D eigenvalue weighted by Gasteiger charge is 2.24. The van der Waals surface area contributed by atoms with Gasteiger partial charge in [0.1, 0.15) is 5.76 Å². The van der Waals surface area contributed by atoms with Gasteiger partial charge in [0.05, 0.1) is 0 Å². The molecule has 1 aliphatic heterocycles. The van der Waals surface area contributed by atoms with E-state index in [0.29, 0.717) is 6.61 Å². The van der Waals surface area contributed by atoms with E-state index in [1.54, 1.807) is 0 Å². The van der Waals surface area contributed by atoms with Crippen molar-refractivity contribution in [1.82, 2.24) is 0 Å². The van der Waals surface area contributed by atoms with Gasteiger partial charge in [0.15, 0.2) is 12.4 Å². The summed E-state index contributed by atoms with van der Waals surface area (Å²) >= 11 is 0. The summed E-state index contributed by atoms with van der Waals surface area (Å²) < 4.78 is 5.33. The van der Waals surface area contributed by atoms with Gasteiger partial charge >= 0.3 is 0 Å². The molecule has 0 saturated carbocycles. The zero-order chi connectivity index (χ0) is 8.39. The molecule has 2 heteroatoms. The summed E-state index contributed by atoms with van der Waals surface area (Å²) in [5, 5.41) is 0. The molecule has 2 rings (SSSR count). The van der Waals surface area contributed by atoms with E-state index >= 15 is 0 Å². The quantitative estimate of drug-likeness (QED) is 0.551.